The van der Waals surface area contributed by atoms with Gasteiger partial charge in [0.2, 0.25) is 0 Å². The van der Waals surface area contributed by atoms with Gasteiger partial charge in [0.05, 0.1) is 0 Å². The van der Waals surface area contributed by atoms with Gasteiger partial charge in [0.25, 0.3) is 0 Å². The molecule has 0 rings (SSSR count). The van der Waals surface area contributed by atoms with E-state index in [2.05, 4.69) is 24.5 Å². The molecule has 0 aliphatic rings. The Morgan fingerprint density at radius 2 is 2.12 bits per heavy atom. The molecule has 0 bridgehead atoms. The second-order valence-corrected chi connectivity index (χ2v) is 2.00. The normalized spacial score (nSPS) is 13.9. The van der Waals surface area contributed by atoms with E-state index in [0.717, 1.165) is 13.1 Å². The third kappa shape index (κ3) is 4.09. The molecule has 2 heteroatoms. The Hall–Kier alpha value is -0.0800. The van der Waals surface area contributed by atoms with Crippen LogP contribution in [0.25, 0.3) is 0 Å². The predicted molar refractivity (Wildman–Crippen MR) is 37.1 cm³/mol. The van der Waals surface area contributed by atoms with E-state index >= 15 is 0 Å². The van der Waals surface area contributed by atoms with E-state index in [1.807, 2.05) is 7.05 Å². The predicted octanol–water partition coefficient (Wildman–Crippen LogP) is 0.204. The van der Waals surface area contributed by atoms with E-state index < -0.39 is 0 Å². The summed E-state index contributed by atoms with van der Waals surface area (Å²) in [5.41, 5.74) is 0. The fraction of sp³-hybridized carbons (Fsp3) is 1.00. The molecule has 0 radical (unpaired) electrons. The van der Waals surface area contributed by atoms with Gasteiger partial charge >= 0.3 is 0 Å². The Labute approximate surface area is 51.7 Å². The van der Waals surface area contributed by atoms with Crippen molar-refractivity contribution in [3.63, 3.8) is 0 Å². The maximum atomic E-state index is 3.24. The third-order valence-corrected chi connectivity index (χ3v) is 1.19. The first-order chi connectivity index (χ1) is 3.81. The highest BCUT2D eigenvalue weighted by Gasteiger charge is 1.92. The van der Waals surface area contributed by atoms with Crippen LogP contribution in [0.1, 0.15) is 13.8 Å². The van der Waals surface area contributed by atoms with Crippen LogP contribution in [0.3, 0.4) is 0 Å². The van der Waals surface area contributed by atoms with E-state index in [1.165, 1.54) is 0 Å². The standard InChI is InChI=1S/C6H16N2/c1-4-8-5-6(2)7-3/h6-8H,4-5H2,1-3H3. The lowest BCUT2D eigenvalue weighted by atomic mass is 10.3. The minimum atomic E-state index is 0.593. The maximum Gasteiger partial charge on any atom is 0.0161 e. The molecule has 50 valence electrons. The van der Waals surface area contributed by atoms with Crippen molar-refractivity contribution in [2.24, 2.45) is 0 Å². The van der Waals surface area contributed by atoms with Crippen LogP contribution in [-0.2, 0) is 0 Å². The zero-order chi connectivity index (χ0) is 6.41. The number of likely N-dealkylation sites (N-methyl/N-ethyl adjacent to an activating group) is 2. The van der Waals surface area contributed by atoms with Crippen molar-refractivity contribution in [3.8, 4) is 0 Å². The summed E-state index contributed by atoms with van der Waals surface area (Å²) < 4.78 is 0. The zero-order valence-electron chi connectivity index (χ0n) is 5.99. The number of nitrogens with one attached hydrogen (secondary N) is 2. The molecule has 2 nitrogen and oxygen atoms in total. The van der Waals surface area contributed by atoms with Crippen molar-refractivity contribution < 1.29 is 0 Å². The van der Waals surface area contributed by atoms with Crippen molar-refractivity contribution >= 4 is 0 Å². The molecule has 0 aliphatic heterocycles. The maximum absolute atomic E-state index is 3.24. The highest BCUT2D eigenvalue weighted by Crippen LogP contribution is 1.72. The van der Waals surface area contributed by atoms with Crippen LogP contribution in [0.15, 0.2) is 0 Å². The van der Waals surface area contributed by atoms with Crippen LogP contribution in [0.4, 0.5) is 0 Å². The van der Waals surface area contributed by atoms with Gasteiger partial charge in [-0.05, 0) is 20.5 Å². The first kappa shape index (κ1) is 7.92. The molecule has 0 saturated carbocycles. The third-order valence-electron chi connectivity index (χ3n) is 1.19. The van der Waals surface area contributed by atoms with Gasteiger partial charge in [-0.1, -0.05) is 6.92 Å². The summed E-state index contributed by atoms with van der Waals surface area (Å²) in [6.07, 6.45) is 0. The second-order valence-electron chi connectivity index (χ2n) is 2.00. The van der Waals surface area contributed by atoms with E-state index in [1.54, 1.807) is 0 Å². The van der Waals surface area contributed by atoms with Gasteiger partial charge in [-0.25, -0.2) is 0 Å². The molecule has 2 N–H and O–H groups in total. The first-order valence-electron chi connectivity index (χ1n) is 3.19. The summed E-state index contributed by atoms with van der Waals surface area (Å²) in [6, 6.07) is 0.593. The van der Waals surface area contributed by atoms with E-state index in [0.29, 0.717) is 6.04 Å². The highest BCUT2D eigenvalue weighted by atomic mass is 14.9. The quantitative estimate of drug-likeness (QED) is 0.548. The van der Waals surface area contributed by atoms with Gasteiger partial charge < -0.3 is 10.6 Å². The van der Waals surface area contributed by atoms with Crippen molar-refractivity contribution in [1.29, 1.82) is 0 Å². The second kappa shape index (κ2) is 5.06. The monoisotopic (exact) mass is 116 g/mol. The SMILES string of the molecule is CCNCC(C)NC. The van der Waals surface area contributed by atoms with Gasteiger partial charge in [0.15, 0.2) is 0 Å². The van der Waals surface area contributed by atoms with Crippen molar-refractivity contribution in [2.45, 2.75) is 19.9 Å². The number of hydrogen-bond acceptors (Lipinski definition) is 2. The Kier molecular flexibility index (Phi) is 5.01. The summed E-state index contributed by atoms with van der Waals surface area (Å²) >= 11 is 0. The Morgan fingerprint density at radius 1 is 1.50 bits per heavy atom. The van der Waals surface area contributed by atoms with Gasteiger partial charge in [-0.15, -0.1) is 0 Å². The lowest BCUT2D eigenvalue weighted by Crippen LogP contribution is -2.33. The Bertz CT molecular complexity index is 45.8. The number of rotatable bonds is 4. The van der Waals surface area contributed by atoms with Gasteiger partial charge in [-0.3, -0.25) is 0 Å². The highest BCUT2D eigenvalue weighted by molar-refractivity contribution is 4.58. The molecule has 8 heavy (non-hydrogen) atoms. The van der Waals surface area contributed by atoms with E-state index in [-0.39, 0.29) is 0 Å². The minimum absolute atomic E-state index is 0.593. The van der Waals surface area contributed by atoms with Crippen LogP contribution in [0.5, 0.6) is 0 Å². The molecule has 0 aromatic rings. The van der Waals surface area contributed by atoms with E-state index in [9.17, 15) is 0 Å². The Morgan fingerprint density at radius 3 is 2.50 bits per heavy atom. The molecule has 0 aromatic heterocycles. The van der Waals surface area contributed by atoms with Crippen LogP contribution in [-0.4, -0.2) is 26.2 Å². The minimum Gasteiger partial charge on any atom is -0.316 e. The zero-order valence-corrected chi connectivity index (χ0v) is 5.99. The van der Waals surface area contributed by atoms with Gasteiger partial charge in [0, 0.05) is 12.6 Å². The largest absolute Gasteiger partial charge is 0.316 e. The Balaban J connectivity index is 2.86. The average Bonchev–Trinajstić information content (AvgIpc) is 1.83. The van der Waals surface area contributed by atoms with Crippen molar-refractivity contribution in [3.05, 3.63) is 0 Å². The van der Waals surface area contributed by atoms with Crippen molar-refractivity contribution in [2.75, 3.05) is 20.1 Å². The molecule has 0 heterocycles. The molecule has 1 unspecified atom stereocenters. The molecule has 0 aliphatic carbocycles. The first-order valence-corrected chi connectivity index (χ1v) is 3.19. The van der Waals surface area contributed by atoms with Gasteiger partial charge in [0.1, 0.15) is 0 Å². The molecule has 0 saturated heterocycles. The van der Waals surface area contributed by atoms with Crippen LogP contribution >= 0.6 is 0 Å². The van der Waals surface area contributed by atoms with Crippen molar-refractivity contribution in [1.82, 2.24) is 10.6 Å². The summed E-state index contributed by atoms with van der Waals surface area (Å²) in [7, 11) is 1.97. The summed E-state index contributed by atoms with van der Waals surface area (Å²) in [5.74, 6) is 0. The smallest absolute Gasteiger partial charge is 0.0161 e. The topological polar surface area (TPSA) is 24.1 Å². The van der Waals surface area contributed by atoms with Crippen LogP contribution < -0.4 is 10.6 Å². The van der Waals surface area contributed by atoms with Crippen LogP contribution in [0, 0.1) is 0 Å². The molecule has 0 spiro atoms. The lowest BCUT2D eigenvalue weighted by Gasteiger charge is -2.08. The van der Waals surface area contributed by atoms with Crippen LogP contribution in [0.2, 0.25) is 0 Å². The summed E-state index contributed by atoms with van der Waals surface area (Å²) in [4.78, 5) is 0. The number of hydrogen-bond donors (Lipinski definition) is 2. The average molecular weight is 116 g/mol. The van der Waals surface area contributed by atoms with E-state index in [4.69, 9.17) is 0 Å². The van der Waals surface area contributed by atoms with Gasteiger partial charge in [-0.2, -0.15) is 0 Å². The molecule has 0 aromatic carbocycles. The fourth-order valence-corrected chi connectivity index (χ4v) is 0.463. The molecular formula is C6H16N2. The fourth-order valence-electron chi connectivity index (χ4n) is 0.463. The summed E-state index contributed by atoms with van der Waals surface area (Å²) in [5, 5.41) is 6.37. The lowest BCUT2D eigenvalue weighted by molar-refractivity contribution is 0.552. The molecule has 1 atom stereocenters. The molecular weight excluding hydrogens is 100 g/mol. The molecule has 0 amide bonds. The molecule has 0 fully saturated rings. The summed E-state index contributed by atoms with van der Waals surface area (Å²) in [6.45, 7) is 6.39.